The van der Waals surface area contributed by atoms with Gasteiger partial charge in [0.15, 0.2) is 0 Å². The number of thioether (sulfide) groups is 1. The van der Waals surface area contributed by atoms with Crippen LogP contribution in [0.4, 0.5) is 5.69 Å². The summed E-state index contributed by atoms with van der Waals surface area (Å²) in [6.07, 6.45) is 3.76. The number of carbonyl (C=O) groups excluding carboxylic acids is 1. The average molecular weight is 548 g/mol. The maximum Gasteiger partial charge on any atom is 0.308 e. The lowest BCUT2D eigenvalue weighted by molar-refractivity contribution is -0.116. The number of hydrogen-bond acceptors (Lipinski definition) is 5. The zero-order chi connectivity index (χ0) is 24.3. The van der Waals surface area contributed by atoms with Crippen LogP contribution in [-0.2, 0) is 11.3 Å². The van der Waals surface area contributed by atoms with E-state index in [0.717, 1.165) is 21.2 Å². The molecule has 0 spiro atoms. The van der Waals surface area contributed by atoms with E-state index >= 15 is 0 Å². The third-order valence-corrected chi connectivity index (χ3v) is 11.2. The monoisotopic (exact) mass is 546 g/mol. The van der Waals surface area contributed by atoms with E-state index in [0.29, 0.717) is 38.7 Å². The van der Waals surface area contributed by atoms with E-state index in [9.17, 15) is 9.59 Å². The number of benzene rings is 2. The topological polar surface area (TPSA) is 60.3 Å². The standard InChI is InChI=1S/C26H24Cl2N2O3S2/c1-33-19-5-3-2-4-16(19)22-21-13-6-7-14(10-13)23(21)34-25-24(22)35-26(32)30(25)12-20(31)29-15-8-9-17(27)18(28)11-15/h2-5,8-9,11,13-14,21-23H,6-7,10,12H2,1H3,(H,29,31)/t13?,14?,21?,22-,23?/m0/s1. The number of methoxy groups -OCH3 is 1. The Morgan fingerprint density at radius 1 is 1.14 bits per heavy atom. The van der Waals surface area contributed by atoms with Crippen molar-refractivity contribution in [3.05, 3.63) is 72.6 Å². The predicted octanol–water partition coefficient (Wildman–Crippen LogP) is 6.52. The third kappa shape index (κ3) is 4.01. The number of nitrogens with one attached hydrogen (secondary N) is 1. The number of anilines is 1. The smallest absolute Gasteiger partial charge is 0.308 e. The lowest BCUT2D eigenvalue weighted by atomic mass is 9.74. The van der Waals surface area contributed by atoms with E-state index in [1.165, 1.54) is 30.6 Å². The summed E-state index contributed by atoms with van der Waals surface area (Å²) in [4.78, 5) is 27.2. The van der Waals surface area contributed by atoms with Gasteiger partial charge in [-0.05, 0) is 61.3 Å². The predicted molar refractivity (Wildman–Crippen MR) is 142 cm³/mol. The molecular formula is C26H24Cl2N2O3S2. The van der Waals surface area contributed by atoms with Crippen LogP contribution in [0.5, 0.6) is 5.75 Å². The Morgan fingerprint density at radius 2 is 1.94 bits per heavy atom. The molecule has 35 heavy (non-hydrogen) atoms. The van der Waals surface area contributed by atoms with Gasteiger partial charge in [0.2, 0.25) is 5.91 Å². The normalized spacial score (nSPS) is 26.3. The average Bonchev–Trinajstić information content (AvgIpc) is 3.54. The molecule has 2 heterocycles. The lowest BCUT2D eigenvalue weighted by Gasteiger charge is -2.40. The van der Waals surface area contributed by atoms with Gasteiger partial charge in [-0.25, -0.2) is 0 Å². The van der Waals surface area contributed by atoms with Gasteiger partial charge in [0, 0.05) is 27.3 Å². The quantitative estimate of drug-likeness (QED) is 0.395. The number of carbonyl (C=O) groups is 1. The van der Waals surface area contributed by atoms with E-state index in [-0.39, 0.29) is 23.2 Å². The Bertz CT molecular complexity index is 1370. The van der Waals surface area contributed by atoms with Crippen LogP contribution < -0.4 is 14.9 Å². The molecule has 5 atom stereocenters. The molecule has 2 saturated carbocycles. The van der Waals surface area contributed by atoms with Gasteiger partial charge >= 0.3 is 4.87 Å². The summed E-state index contributed by atoms with van der Waals surface area (Å²) in [5.74, 6) is 2.52. The highest BCUT2D eigenvalue weighted by Gasteiger charge is 2.55. The fraction of sp³-hybridized carbons (Fsp3) is 0.385. The highest BCUT2D eigenvalue weighted by atomic mass is 35.5. The summed E-state index contributed by atoms with van der Waals surface area (Å²) in [7, 11) is 1.70. The molecule has 1 N–H and O–H groups in total. The summed E-state index contributed by atoms with van der Waals surface area (Å²) in [6, 6.07) is 13.1. The maximum absolute atomic E-state index is 13.2. The van der Waals surface area contributed by atoms with Crippen molar-refractivity contribution in [3.63, 3.8) is 0 Å². The zero-order valence-electron chi connectivity index (χ0n) is 19.0. The summed E-state index contributed by atoms with van der Waals surface area (Å²) in [5.41, 5.74) is 1.70. The molecule has 9 heteroatoms. The first-order valence-electron chi connectivity index (χ1n) is 11.7. The minimum atomic E-state index is -0.268. The molecule has 6 rings (SSSR count). The summed E-state index contributed by atoms with van der Waals surface area (Å²) < 4.78 is 7.41. The van der Waals surface area contributed by atoms with Crippen molar-refractivity contribution in [1.82, 2.24) is 4.57 Å². The van der Waals surface area contributed by atoms with Gasteiger partial charge in [-0.3, -0.25) is 14.2 Å². The van der Waals surface area contributed by atoms with E-state index in [1.807, 2.05) is 30.0 Å². The molecule has 182 valence electrons. The molecule has 1 aliphatic heterocycles. The van der Waals surface area contributed by atoms with Crippen molar-refractivity contribution >= 4 is 57.9 Å². The van der Waals surface area contributed by atoms with Crippen LogP contribution in [-0.4, -0.2) is 22.8 Å². The Hall–Kier alpha value is -1.93. The van der Waals surface area contributed by atoms with Gasteiger partial charge in [0.05, 0.1) is 22.2 Å². The molecule has 2 aromatic carbocycles. The number of para-hydroxylation sites is 1. The minimum Gasteiger partial charge on any atom is -0.496 e. The number of aromatic nitrogens is 1. The third-order valence-electron chi connectivity index (χ3n) is 7.67. The molecular weight excluding hydrogens is 523 g/mol. The van der Waals surface area contributed by atoms with Gasteiger partial charge in [-0.15, -0.1) is 11.8 Å². The van der Waals surface area contributed by atoms with E-state index in [1.54, 1.807) is 29.9 Å². The Morgan fingerprint density at radius 3 is 2.74 bits per heavy atom. The molecule has 1 amide bonds. The molecule has 0 saturated heterocycles. The Kier molecular flexibility index (Phi) is 6.16. The number of hydrogen-bond donors (Lipinski definition) is 1. The van der Waals surface area contributed by atoms with Crippen molar-refractivity contribution < 1.29 is 9.53 Å². The molecule has 3 aromatic rings. The lowest BCUT2D eigenvalue weighted by Crippen LogP contribution is -2.35. The first-order chi connectivity index (χ1) is 16.9. The second-order valence-corrected chi connectivity index (χ2v) is 12.5. The van der Waals surface area contributed by atoms with Gasteiger partial charge in [0.25, 0.3) is 0 Å². The molecule has 3 aliphatic rings. The molecule has 5 nitrogen and oxygen atoms in total. The summed E-state index contributed by atoms with van der Waals surface area (Å²) >= 11 is 15.2. The first-order valence-corrected chi connectivity index (χ1v) is 14.2. The molecule has 1 aromatic heterocycles. The van der Waals surface area contributed by atoms with Crippen LogP contribution in [0, 0.1) is 17.8 Å². The minimum absolute atomic E-state index is 0.0396. The van der Waals surface area contributed by atoms with Crippen LogP contribution in [0.3, 0.4) is 0 Å². The van der Waals surface area contributed by atoms with Crippen LogP contribution in [0.25, 0.3) is 0 Å². The van der Waals surface area contributed by atoms with E-state index < -0.39 is 0 Å². The number of halogens is 2. The van der Waals surface area contributed by atoms with Crippen LogP contribution in [0.2, 0.25) is 10.0 Å². The largest absolute Gasteiger partial charge is 0.496 e. The van der Waals surface area contributed by atoms with Gasteiger partial charge < -0.3 is 10.1 Å². The second kappa shape index (κ2) is 9.18. The van der Waals surface area contributed by atoms with Gasteiger partial charge in [-0.1, -0.05) is 52.7 Å². The SMILES string of the molecule is COc1ccccc1[C@@H]1c2sc(=O)n(CC(=O)Nc3ccc(Cl)c(Cl)c3)c2SC2C3CCC(C3)C21. The van der Waals surface area contributed by atoms with Gasteiger partial charge in [0.1, 0.15) is 12.3 Å². The van der Waals surface area contributed by atoms with Crippen molar-refractivity contribution in [2.45, 2.75) is 42.0 Å². The Labute approximate surface area is 221 Å². The highest BCUT2D eigenvalue weighted by Crippen LogP contribution is 2.64. The van der Waals surface area contributed by atoms with Gasteiger partial charge in [-0.2, -0.15) is 0 Å². The number of fused-ring (bicyclic) bond motifs is 6. The summed E-state index contributed by atoms with van der Waals surface area (Å²) in [6.45, 7) is -0.0396. The van der Waals surface area contributed by atoms with Crippen LogP contribution in [0.1, 0.15) is 35.6 Å². The van der Waals surface area contributed by atoms with E-state index in [2.05, 4.69) is 11.4 Å². The van der Waals surface area contributed by atoms with Crippen molar-refractivity contribution in [1.29, 1.82) is 0 Å². The number of rotatable bonds is 5. The van der Waals surface area contributed by atoms with Crippen molar-refractivity contribution in [2.24, 2.45) is 17.8 Å². The molecule has 2 fully saturated rings. The second-order valence-electron chi connectivity index (χ2n) is 9.51. The number of ether oxygens (including phenoxy) is 1. The fourth-order valence-electron chi connectivity index (χ4n) is 6.28. The van der Waals surface area contributed by atoms with Crippen molar-refractivity contribution in [3.8, 4) is 5.75 Å². The Balaban J connectivity index is 1.37. The maximum atomic E-state index is 13.2. The number of nitrogens with zero attached hydrogens (tertiary/aromatic N) is 1. The zero-order valence-corrected chi connectivity index (χ0v) is 22.1. The van der Waals surface area contributed by atoms with Crippen LogP contribution >= 0.6 is 46.3 Å². The number of amides is 1. The molecule has 2 bridgehead atoms. The van der Waals surface area contributed by atoms with Crippen LogP contribution in [0.15, 0.2) is 52.3 Å². The van der Waals surface area contributed by atoms with E-state index in [4.69, 9.17) is 27.9 Å². The fourth-order valence-corrected chi connectivity index (χ4v) is 9.72. The highest BCUT2D eigenvalue weighted by molar-refractivity contribution is 8.00. The molecule has 4 unspecified atom stereocenters. The number of thiazole rings is 1. The molecule has 0 radical (unpaired) electrons. The summed E-state index contributed by atoms with van der Waals surface area (Å²) in [5, 5.41) is 5.03. The van der Waals surface area contributed by atoms with Crippen molar-refractivity contribution in [2.75, 3.05) is 12.4 Å². The first kappa shape index (κ1) is 23.5. The molecule has 2 aliphatic carbocycles.